The van der Waals surface area contributed by atoms with Crippen LogP contribution in [-0.2, 0) is 4.79 Å². The van der Waals surface area contributed by atoms with Crippen molar-refractivity contribution in [2.45, 2.75) is 31.6 Å². The summed E-state index contributed by atoms with van der Waals surface area (Å²) in [6.07, 6.45) is 5.48. The van der Waals surface area contributed by atoms with Gasteiger partial charge in [0.05, 0.1) is 5.92 Å². The van der Waals surface area contributed by atoms with E-state index in [0.29, 0.717) is 6.42 Å². The molecule has 2 nitrogen and oxygen atoms in total. The Bertz CT molecular complexity index is 330. The van der Waals surface area contributed by atoms with E-state index in [2.05, 4.69) is 6.58 Å². The van der Waals surface area contributed by atoms with Crippen LogP contribution in [0.3, 0.4) is 0 Å². The second-order valence-corrected chi connectivity index (χ2v) is 3.87. The minimum absolute atomic E-state index is 0.369. The van der Waals surface area contributed by atoms with Crippen molar-refractivity contribution < 1.29 is 9.90 Å². The Labute approximate surface area is 96.6 Å². The fraction of sp³-hybridized carbons (Fsp3) is 0.357. The third kappa shape index (κ3) is 3.89. The summed E-state index contributed by atoms with van der Waals surface area (Å²) >= 11 is 0. The summed E-state index contributed by atoms with van der Waals surface area (Å²) in [4.78, 5) is 11.1. The zero-order valence-electron chi connectivity index (χ0n) is 9.43. The maximum absolute atomic E-state index is 11.1. The summed E-state index contributed by atoms with van der Waals surface area (Å²) in [5.74, 6) is -1.10. The topological polar surface area (TPSA) is 37.3 Å². The number of benzene rings is 1. The van der Waals surface area contributed by atoms with Crippen molar-refractivity contribution in [1.82, 2.24) is 0 Å². The van der Waals surface area contributed by atoms with Crippen LogP contribution in [0.1, 0.15) is 37.2 Å². The number of carboxylic acid groups (broad SMARTS) is 1. The average molecular weight is 218 g/mol. The molecule has 0 aliphatic heterocycles. The molecule has 0 saturated carbocycles. The Kier molecular flexibility index (Phi) is 5.34. The number of carbonyl (C=O) groups is 1. The van der Waals surface area contributed by atoms with Crippen LogP contribution in [0.25, 0.3) is 0 Å². The molecule has 0 aliphatic carbocycles. The quantitative estimate of drug-likeness (QED) is 0.561. The summed E-state index contributed by atoms with van der Waals surface area (Å²) in [5.41, 5.74) is 0.897. The molecule has 16 heavy (non-hydrogen) atoms. The maximum atomic E-state index is 11.1. The van der Waals surface area contributed by atoms with Gasteiger partial charge in [-0.2, -0.15) is 0 Å². The molecule has 1 N–H and O–H groups in total. The van der Waals surface area contributed by atoms with E-state index in [1.807, 2.05) is 36.4 Å². The molecule has 0 aliphatic rings. The van der Waals surface area contributed by atoms with Crippen LogP contribution in [0.15, 0.2) is 43.0 Å². The molecule has 0 radical (unpaired) electrons. The molecule has 0 saturated heterocycles. The van der Waals surface area contributed by atoms with Crippen LogP contribution in [0, 0.1) is 0 Å². The molecule has 1 aromatic rings. The molecule has 0 aromatic heterocycles. The van der Waals surface area contributed by atoms with E-state index in [1.54, 1.807) is 0 Å². The van der Waals surface area contributed by atoms with Gasteiger partial charge in [0.25, 0.3) is 0 Å². The number of hydrogen-bond acceptors (Lipinski definition) is 1. The van der Waals surface area contributed by atoms with Crippen molar-refractivity contribution in [1.29, 1.82) is 0 Å². The number of unbranched alkanes of at least 4 members (excludes halogenated alkanes) is 2. The Balaban J connectivity index is 2.55. The minimum Gasteiger partial charge on any atom is -0.481 e. The summed E-state index contributed by atoms with van der Waals surface area (Å²) in [6, 6.07) is 9.43. The summed E-state index contributed by atoms with van der Waals surface area (Å²) in [6.45, 7) is 3.65. The van der Waals surface area contributed by atoms with E-state index in [0.717, 1.165) is 24.8 Å². The van der Waals surface area contributed by atoms with Crippen molar-refractivity contribution in [3.05, 3.63) is 48.6 Å². The van der Waals surface area contributed by atoms with Gasteiger partial charge in [-0.15, -0.1) is 6.58 Å². The molecule has 0 spiro atoms. The van der Waals surface area contributed by atoms with Crippen molar-refractivity contribution in [3.8, 4) is 0 Å². The van der Waals surface area contributed by atoms with Gasteiger partial charge in [0, 0.05) is 0 Å². The largest absolute Gasteiger partial charge is 0.481 e. The Morgan fingerprint density at radius 1 is 1.31 bits per heavy atom. The molecular formula is C14H18O2. The predicted octanol–water partition coefficient (Wildman–Crippen LogP) is 3.60. The number of rotatable bonds is 7. The number of carboxylic acids is 1. The molecule has 1 atom stereocenters. The zero-order valence-corrected chi connectivity index (χ0v) is 9.43. The minimum atomic E-state index is -0.732. The first-order valence-corrected chi connectivity index (χ1v) is 5.64. The van der Waals surface area contributed by atoms with Crippen LogP contribution >= 0.6 is 0 Å². The Hall–Kier alpha value is -1.57. The van der Waals surface area contributed by atoms with E-state index < -0.39 is 5.97 Å². The van der Waals surface area contributed by atoms with Crippen molar-refractivity contribution >= 4 is 5.97 Å². The van der Waals surface area contributed by atoms with Crippen LogP contribution in [0.2, 0.25) is 0 Å². The fourth-order valence-electron chi connectivity index (χ4n) is 1.76. The highest BCUT2D eigenvalue weighted by Gasteiger charge is 2.18. The summed E-state index contributed by atoms with van der Waals surface area (Å²) in [7, 11) is 0. The predicted molar refractivity (Wildman–Crippen MR) is 65.5 cm³/mol. The summed E-state index contributed by atoms with van der Waals surface area (Å²) < 4.78 is 0. The van der Waals surface area contributed by atoms with Gasteiger partial charge in [-0.1, -0.05) is 42.8 Å². The highest BCUT2D eigenvalue weighted by Crippen LogP contribution is 2.22. The van der Waals surface area contributed by atoms with Gasteiger partial charge in [0.2, 0.25) is 0 Å². The number of hydrogen-bond donors (Lipinski definition) is 1. The van der Waals surface area contributed by atoms with Crippen LogP contribution < -0.4 is 0 Å². The standard InChI is InChI=1S/C14H18O2/c1-2-3-4-8-11-13(14(15)16)12-9-6-5-7-10-12/h2,5-7,9-10,13H,1,3-4,8,11H2,(H,15,16). The van der Waals surface area contributed by atoms with E-state index >= 15 is 0 Å². The van der Waals surface area contributed by atoms with Gasteiger partial charge in [-0.05, 0) is 24.8 Å². The van der Waals surface area contributed by atoms with E-state index in [9.17, 15) is 4.79 Å². The lowest BCUT2D eigenvalue weighted by atomic mass is 9.93. The highest BCUT2D eigenvalue weighted by molar-refractivity contribution is 5.75. The molecule has 0 bridgehead atoms. The summed E-state index contributed by atoms with van der Waals surface area (Å²) in [5, 5.41) is 9.16. The van der Waals surface area contributed by atoms with Gasteiger partial charge in [-0.25, -0.2) is 0 Å². The van der Waals surface area contributed by atoms with Crippen molar-refractivity contribution in [2.75, 3.05) is 0 Å². The third-order valence-corrected chi connectivity index (χ3v) is 2.65. The van der Waals surface area contributed by atoms with Gasteiger partial charge in [0.15, 0.2) is 0 Å². The molecule has 1 rings (SSSR count). The molecule has 2 heteroatoms. The molecule has 1 aromatic carbocycles. The molecule has 0 fully saturated rings. The smallest absolute Gasteiger partial charge is 0.310 e. The SMILES string of the molecule is C=CCCCCC(C(=O)O)c1ccccc1. The van der Waals surface area contributed by atoms with Gasteiger partial charge >= 0.3 is 5.97 Å². The maximum Gasteiger partial charge on any atom is 0.310 e. The first-order valence-electron chi connectivity index (χ1n) is 5.64. The highest BCUT2D eigenvalue weighted by atomic mass is 16.4. The second-order valence-electron chi connectivity index (χ2n) is 3.87. The molecule has 1 unspecified atom stereocenters. The first-order chi connectivity index (χ1) is 7.75. The number of allylic oxidation sites excluding steroid dienone is 1. The normalized spacial score (nSPS) is 12.0. The second kappa shape index (κ2) is 6.83. The van der Waals surface area contributed by atoms with E-state index in [-0.39, 0.29) is 5.92 Å². The van der Waals surface area contributed by atoms with Gasteiger partial charge < -0.3 is 5.11 Å². The Morgan fingerprint density at radius 3 is 2.56 bits per heavy atom. The molecular weight excluding hydrogens is 200 g/mol. The number of aliphatic carboxylic acids is 1. The van der Waals surface area contributed by atoms with E-state index in [1.165, 1.54) is 0 Å². The Morgan fingerprint density at radius 2 is 2.00 bits per heavy atom. The first kappa shape index (κ1) is 12.5. The lowest BCUT2D eigenvalue weighted by Gasteiger charge is -2.11. The van der Waals surface area contributed by atoms with Crippen LogP contribution in [0.4, 0.5) is 0 Å². The van der Waals surface area contributed by atoms with Crippen LogP contribution in [-0.4, -0.2) is 11.1 Å². The molecule has 0 amide bonds. The fourth-order valence-corrected chi connectivity index (χ4v) is 1.76. The lowest BCUT2D eigenvalue weighted by Crippen LogP contribution is -2.11. The van der Waals surface area contributed by atoms with E-state index in [4.69, 9.17) is 5.11 Å². The monoisotopic (exact) mass is 218 g/mol. The zero-order chi connectivity index (χ0) is 11.8. The average Bonchev–Trinajstić information content (AvgIpc) is 2.30. The van der Waals surface area contributed by atoms with Gasteiger partial charge in [0.1, 0.15) is 0 Å². The van der Waals surface area contributed by atoms with Gasteiger partial charge in [-0.3, -0.25) is 4.79 Å². The van der Waals surface area contributed by atoms with Crippen molar-refractivity contribution in [2.24, 2.45) is 0 Å². The molecule has 86 valence electrons. The van der Waals surface area contributed by atoms with Crippen LogP contribution in [0.5, 0.6) is 0 Å². The lowest BCUT2D eigenvalue weighted by molar-refractivity contribution is -0.139. The third-order valence-electron chi connectivity index (χ3n) is 2.65. The van der Waals surface area contributed by atoms with Crippen molar-refractivity contribution in [3.63, 3.8) is 0 Å². The molecule has 0 heterocycles.